The van der Waals surface area contributed by atoms with Crippen LogP contribution in [0.1, 0.15) is 11.7 Å². The summed E-state index contributed by atoms with van der Waals surface area (Å²) in [5, 5.41) is 9.56. The highest BCUT2D eigenvalue weighted by Gasteiger charge is 2.08. The van der Waals surface area contributed by atoms with Gasteiger partial charge in [-0.05, 0) is 19.1 Å². The highest BCUT2D eigenvalue weighted by atomic mass is 35.5. The van der Waals surface area contributed by atoms with Gasteiger partial charge in [-0.1, -0.05) is 17.7 Å². The SMILES string of the molecule is [CH2]C(O)c1c(N)cccc1Cl. The van der Waals surface area contributed by atoms with E-state index in [1.54, 1.807) is 18.2 Å². The molecule has 0 bridgehead atoms. The van der Waals surface area contributed by atoms with Gasteiger partial charge in [0.1, 0.15) is 0 Å². The molecular weight excluding hydrogens is 162 g/mol. The molecule has 0 saturated heterocycles. The molecule has 0 amide bonds. The second-order valence-corrected chi connectivity index (χ2v) is 2.67. The fraction of sp³-hybridized carbons (Fsp3) is 0.125. The predicted molar refractivity (Wildman–Crippen MR) is 46.2 cm³/mol. The van der Waals surface area contributed by atoms with Gasteiger partial charge in [0.05, 0.1) is 6.10 Å². The average molecular weight is 171 g/mol. The molecule has 0 saturated carbocycles. The maximum absolute atomic E-state index is 9.11. The lowest BCUT2D eigenvalue weighted by atomic mass is 10.1. The van der Waals surface area contributed by atoms with Crippen LogP contribution < -0.4 is 5.73 Å². The molecule has 1 rings (SSSR count). The van der Waals surface area contributed by atoms with Gasteiger partial charge in [0.2, 0.25) is 0 Å². The van der Waals surface area contributed by atoms with Crippen LogP contribution in [0.3, 0.4) is 0 Å². The van der Waals surface area contributed by atoms with E-state index in [0.717, 1.165) is 0 Å². The van der Waals surface area contributed by atoms with Crippen LogP contribution in [0.15, 0.2) is 18.2 Å². The molecule has 0 heterocycles. The quantitative estimate of drug-likeness (QED) is 0.632. The number of rotatable bonds is 1. The van der Waals surface area contributed by atoms with E-state index in [4.69, 9.17) is 22.4 Å². The van der Waals surface area contributed by atoms with E-state index >= 15 is 0 Å². The molecule has 59 valence electrons. The molecule has 3 N–H and O–H groups in total. The van der Waals surface area contributed by atoms with Crippen LogP contribution in [-0.4, -0.2) is 5.11 Å². The second-order valence-electron chi connectivity index (χ2n) is 2.26. The molecule has 0 aromatic heterocycles. The van der Waals surface area contributed by atoms with E-state index in [9.17, 15) is 0 Å². The van der Waals surface area contributed by atoms with Crippen molar-refractivity contribution in [1.29, 1.82) is 0 Å². The molecule has 0 spiro atoms. The first-order valence-corrected chi connectivity index (χ1v) is 3.55. The zero-order valence-electron chi connectivity index (χ0n) is 5.92. The van der Waals surface area contributed by atoms with Crippen molar-refractivity contribution >= 4 is 17.3 Å². The minimum Gasteiger partial charge on any atom is -0.398 e. The van der Waals surface area contributed by atoms with E-state index in [-0.39, 0.29) is 0 Å². The van der Waals surface area contributed by atoms with Crippen molar-refractivity contribution in [2.24, 2.45) is 0 Å². The largest absolute Gasteiger partial charge is 0.398 e. The zero-order valence-corrected chi connectivity index (χ0v) is 6.67. The normalized spacial score (nSPS) is 13.0. The first kappa shape index (κ1) is 8.37. The van der Waals surface area contributed by atoms with Crippen molar-refractivity contribution in [2.45, 2.75) is 6.10 Å². The highest BCUT2D eigenvalue weighted by Crippen LogP contribution is 2.27. The summed E-state index contributed by atoms with van der Waals surface area (Å²) in [6, 6.07) is 5.07. The van der Waals surface area contributed by atoms with E-state index in [1.165, 1.54) is 0 Å². The fourth-order valence-corrected chi connectivity index (χ4v) is 1.21. The van der Waals surface area contributed by atoms with Gasteiger partial charge in [0.15, 0.2) is 0 Å². The highest BCUT2D eigenvalue weighted by molar-refractivity contribution is 6.31. The molecule has 1 radical (unpaired) electrons. The van der Waals surface area contributed by atoms with Gasteiger partial charge in [-0.25, -0.2) is 0 Å². The molecule has 2 nitrogen and oxygen atoms in total. The third-order valence-corrected chi connectivity index (χ3v) is 1.75. The van der Waals surface area contributed by atoms with Crippen LogP contribution >= 0.6 is 11.6 Å². The molecule has 1 aromatic carbocycles. The molecule has 11 heavy (non-hydrogen) atoms. The zero-order chi connectivity index (χ0) is 8.43. The molecule has 0 fully saturated rings. The third kappa shape index (κ3) is 1.64. The molecular formula is C8H9ClNO. The van der Waals surface area contributed by atoms with Crippen LogP contribution in [0.25, 0.3) is 0 Å². The maximum atomic E-state index is 9.11. The van der Waals surface area contributed by atoms with Crippen molar-refractivity contribution < 1.29 is 5.11 Å². The number of nitrogens with two attached hydrogens (primary N) is 1. The molecule has 3 heteroatoms. The Morgan fingerprint density at radius 2 is 2.18 bits per heavy atom. The Bertz CT molecular complexity index is 240. The lowest BCUT2D eigenvalue weighted by Gasteiger charge is -2.09. The summed E-state index contributed by atoms with van der Waals surface area (Å²) in [5.74, 6) is 0. The summed E-state index contributed by atoms with van der Waals surface area (Å²) in [4.78, 5) is 0. The van der Waals surface area contributed by atoms with Crippen molar-refractivity contribution in [1.82, 2.24) is 0 Å². The molecule has 1 unspecified atom stereocenters. The molecule has 1 aromatic rings. The predicted octanol–water partition coefficient (Wildman–Crippen LogP) is 1.79. The topological polar surface area (TPSA) is 46.2 Å². The van der Waals surface area contributed by atoms with Crippen LogP contribution in [0.2, 0.25) is 5.02 Å². The van der Waals surface area contributed by atoms with Gasteiger partial charge >= 0.3 is 0 Å². The van der Waals surface area contributed by atoms with E-state index in [1.807, 2.05) is 0 Å². The Balaban J connectivity index is 3.21. The molecule has 0 aliphatic carbocycles. The van der Waals surface area contributed by atoms with Crippen LogP contribution in [0.5, 0.6) is 0 Å². The van der Waals surface area contributed by atoms with Gasteiger partial charge in [-0.15, -0.1) is 0 Å². The van der Waals surface area contributed by atoms with Crippen molar-refractivity contribution in [2.75, 3.05) is 5.73 Å². The standard InChI is InChI=1S/C8H9ClNO/c1-5(11)8-6(9)3-2-4-7(8)10/h2-5,11H,1,10H2. The van der Waals surface area contributed by atoms with E-state index in [2.05, 4.69) is 6.92 Å². The van der Waals surface area contributed by atoms with Gasteiger partial charge in [0, 0.05) is 16.3 Å². The van der Waals surface area contributed by atoms with E-state index in [0.29, 0.717) is 16.3 Å². The number of hydrogen-bond donors (Lipinski definition) is 2. The van der Waals surface area contributed by atoms with Crippen LogP contribution in [-0.2, 0) is 0 Å². The Hall–Kier alpha value is -0.730. The Morgan fingerprint density at radius 3 is 2.55 bits per heavy atom. The minimum absolute atomic E-state index is 0.451. The lowest BCUT2D eigenvalue weighted by molar-refractivity contribution is 0.227. The van der Waals surface area contributed by atoms with Crippen LogP contribution in [0.4, 0.5) is 5.69 Å². The average Bonchev–Trinajstić information content (AvgIpc) is 1.85. The number of hydrogen-bond acceptors (Lipinski definition) is 2. The molecule has 0 aliphatic rings. The first-order chi connectivity index (χ1) is 5.13. The lowest BCUT2D eigenvalue weighted by Crippen LogP contribution is -1.98. The van der Waals surface area contributed by atoms with Gasteiger partial charge in [-0.3, -0.25) is 0 Å². The number of aliphatic hydroxyl groups excluding tert-OH is 1. The van der Waals surface area contributed by atoms with Gasteiger partial charge in [-0.2, -0.15) is 0 Å². The van der Waals surface area contributed by atoms with Gasteiger partial charge < -0.3 is 10.8 Å². The summed E-state index contributed by atoms with van der Waals surface area (Å²) < 4.78 is 0. The summed E-state index contributed by atoms with van der Waals surface area (Å²) in [6.45, 7) is 3.42. The number of anilines is 1. The number of halogens is 1. The summed E-state index contributed by atoms with van der Waals surface area (Å²) in [6.07, 6.45) is -0.858. The van der Waals surface area contributed by atoms with Crippen molar-refractivity contribution in [3.63, 3.8) is 0 Å². The number of nitrogen functional groups attached to an aromatic ring is 1. The maximum Gasteiger partial charge on any atom is 0.0825 e. The van der Waals surface area contributed by atoms with Crippen molar-refractivity contribution in [3.8, 4) is 0 Å². The minimum atomic E-state index is -0.858. The Morgan fingerprint density at radius 1 is 1.55 bits per heavy atom. The summed E-state index contributed by atoms with van der Waals surface area (Å²) in [5.41, 5.74) is 6.50. The smallest absolute Gasteiger partial charge is 0.0825 e. The Labute approximate surface area is 70.6 Å². The third-order valence-electron chi connectivity index (χ3n) is 1.42. The second kappa shape index (κ2) is 3.11. The Kier molecular flexibility index (Phi) is 2.37. The van der Waals surface area contributed by atoms with E-state index < -0.39 is 6.10 Å². The fourth-order valence-electron chi connectivity index (χ4n) is 0.905. The summed E-state index contributed by atoms with van der Waals surface area (Å²) in [7, 11) is 0. The van der Waals surface area contributed by atoms with Crippen LogP contribution in [0, 0.1) is 6.92 Å². The molecule has 0 aliphatic heterocycles. The molecule has 1 atom stereocenters. The van der Waals surface area contributed by atoms with Gasteiger partial charge in [0.25, 0.3) is 0 Å². The monoisotopic (exact) mass is 170 g/mol. The number of benzene rings is 1. The summed E-state index contributed by atoms with van der Waals surface area (Å²) >= 11 is 5.74. The first-order valence-electron chi connectivity index (χ1n) is 3.18. The van der Waals surface area contributed by atoms with Crippen molar-refractivity contribution in [3.05, 3.63) is 35.7 Å². The number of aliphatic hydroxyl groups is 1.